The first kappa shape index (κ1) is 19.4. The minimum Gasteiger partial charge on any atom is -0.497 e. The summed E-state index contributed by atoms with van der Waals surface area (Å²) in [6.07, 6.45) is 0. The van der Waals surface area contributed by atoms with Gasteiger partial charge in [0, 0.05) is 22.6 Å². The van der Waals surface area contributed by atoms with Crippen molar-refractivity contribution >= 4 is 40.3 Å². The average Bonchev–Trinajstić information content (AvgIpc) is 2.71. The van der Waals surface area contributed by atoms with Crippen LogP contribution in [0.25, 0.3) is 0 Å². The fourth-order valence-corrected chi connectivity index (χ4v) is 2.75. The van der Waals surface area contributed by atoms with E-state index in [1.807, 2.05) is 43.3 Å². The molecule has 0 saturated heterocycles. The summed E-state index contributed by atoms with van der Waals surface area (Å²) in [5.74, 6) is 0.556. The smallest absolute Gasteiger partial charge is 0.255 e. The predicted octanol–water partition coefficient (Wildman–Crippen LogP) is 5.06. The van der Waals surface area contributed by atoms with Gasteiger partial charge in [-0.25, -0.2) is 0 Å². The highest BCUT2D eigenvalue weighted by Gasteiger charge is 2.07. The SMILES string of the molecule is COc1ccc(NC(=O)c2ccc(NC(=S)Nc3ccc(C)cc3)cc2)cc1. The maximum atomic E-state index is 12.4. The maximum absolute atomic E-state index is 12.4. The highest BCUT2D eigenvalue weighted by Crippen LogP contribution is 2.17. The van der Waals surface area contributed by atoms with Crippen LogP contribution in [0.4, 0.5) is 17.1 Å². The predicted molar refractivity (Wildman–Crippen MR) is 118 cm³/mol. The molecule has 28 heavy (non-hydrogen) atoms. The van der Waals surface area contributed by atoms with E-state index < -0.39 is 0 Å². The van der Waals surface area contributed by atoms with E-state index >= 15 is 0 Å². The first-order valence-electron chi connectivity index (χ1n) is 8.73. The highest BCUT2D eigenvalue weighted by molar-refractivity contribution is 7.80. The van der Waals surface area contributed by atoms with Crippen LogP contribution in [0.5, 0.6) is 5.75 Å². The Balaban J connectivity index is 1.56. The largest absolute Gasteiger partial charge is 0.497 e. The summed E-state index contributed by atoms with van der Waals surface area (Å²) in [5.41, 5.74) is 4.16. The summed E-state index contributed by atoms with van der Waals surface area (Å²) < 4.78 is 5.11. The molecule has 0 heterocycles. The molecule has 0 bridgehead atoms. The van der Waals surface area contributed by atoms with Gasteiger partial charge in [0.2, 0.25) is 0 Å². The van der Waals surface area contributed by atoms with E-state index in [1.165, 1.54) is 5.56 Å². The molecule has 0 radical (unpaired) electrons. The molecule has 3 rings (SSSR count). The Morgan fingerprint density at radius 3 is 1.75 bits per heavy atom. The van der Waals surface area contributed by atoms with E-state index in [1.54, 1.807) is 43.5 Å². The minimum atomic E-state index is -0.183. The number of hydrogen-bond donors (Lipinski definition) is 3. The van der Waals surface area contributed by atoms with Crippen LogP contribution in [0.15, 0.2) is 72.8 Å². The van der Waals surface area contributed by atoms with Crippen molar-refractivity contribution in [2.75, 3.05) is 23.1 Å². The molecule has 0 aromatic heterocycles. The Morgan fingerprint density at radius 1 is 0.750 bits per heavy atom. The average molecular weight is 391 g/mol. The molecule has 0 spiro atoms. The number of carbonyl (C=O) groups is 1. The number of anilines is 3. The van der Waals surface area contributed by atoms with E-state index in [9.17, 15) is 4.79 Å². The number of ether oxygens (including phenoxy) is 1. The van der Waals surface area contributed by atoms with Gasteiger partial charge in [0.25, 0.3) is 5.91 Å². The van der Waals surface area contributed by atoms with Crippen LogP contribution < -0.4 is 20.7 Å². The summed E-state index contributed by atoms with van der Waals surface area (Å²) in [4.78, 5) is 12.4. The van der Waals surface area contributed by atoms with Crippen molar-refractivity contribution in [1.29, 1.82) is 0 Å². The van der Waals surface area contributed by atoms with Gasteiger partial charge in [-0.2, -0.15) is 0 Å². The van der Waals surface area contributed by atoms with Crippen LogP contribution in [0.2, 0.25) is 0 Å². The Hall–Kier alpha value is -3.38. The molecule has 6 heteroatoms. The van der Waals surface area contributed by atoms with Crippen molar-refractivity contribution in [3.8, 4) is 5.75 Å². The number of nitrogens with one attached hydrogen (secondary N) is 3. The van der Waals surface area contributed by atoms with Gasteiger partial charge in [-0.3, -0.25) is 4.79 Å². The summed E-state index contributed by atoms with van der Waals surface area (Å²) >= 11 is 5.33. The fraction of sp³-hybridized carbons (Fsp3) is 0.0909. The molecular formula is C22H21N3O2S. The summed E-state index contributed by atoms with van der Waals surface area (Å²) in [5, 5.41) is 9.58. The molecule has 3 aromatic rings. The van der Waals surface area contributed by atoms with Crippen molar-refractivity contribution in [3.63, 3.8) is 0 Å². The van der Waals surface area contributed by atoms with Crippen LogP contribution in [-0.4, -0.2) is 18.1 Å². The lowest BCUT2D eigenvalue weighted by atomic mass is 10.2. The van der Waals surface area contributed by atoms with Gasteiger partial charge in [0.1, 0.15) is 5.75 Å². The number of hydrogen-bond acceptors (Lipinski definition) is 3. The van der Waals surface area contributed by atoms with E-state index in [0.717, 1.165) is 17.1 Å². The standard InChI is InChI=1S/C22H21N3O2S/c1-15-3-7-18(8-4-15)24-22(28)25-19-9-5-16(6-10-19)21(26)23-17-11-13-20(27-2)14-12-17/h3-14H,1-2H3,(H,23,26)(H2,24,25,28). The topological polar surface area (TPSA) is 62.4 Å². The normalized spacial score (nSPS) is 10.1. The molecule has 0 saturated carbocycles. The van der Waals surface area contributed by atoms with Crippen LogP contribution in [0.3, 0.4) is 0 Å². The molecule has 3 N–H and O–H groups in total. The van der Waals surface area contributed by atoms with Gasteiger partial charge in [-0.15, -0.1) is 0 Å². The molecule has 0 aliphatic rings. The zero-order valence-electron chi connectivity index (χ0n) is 15.7. The molecule has 0 aliphatic carbocycles. The fourth-order valence-electron chi connectivity index (χ4n) is 2.51. The van der Waals surface area contributed by atoms with Crippen molar-refractivity contribution in [2.24, 2.45) is 0 Å². The molecule has 3 aromatic carbocycles. The van der Waals surface area contributed by atoms with Crippen LogP contribution in [0, 0.1) is 6.92 Å². The molecule has 0 aliphatic heterocycles. The zero-order chi connectivity index (χ0) is 19.9. The quantitative estimate of drug-likeness (QED) is 0.530. The summed E-state index contributed by atoms with van der Waals surface area (Å²) in [7, 11) is 1.60. The third kappa shape index (κ3) is 5.31. The Labute approximate surface area is 169 Å². The van der Waals surface area contributed by atoms with Crippen molar-refractivity contribution < 1.29 is 9.53 Å². The van der Waals surface area contributed by atoms with E-state index in [-0.39, 0.29) is 5.91 Å². The van der Waals surface area contributed by atoms with Crippen LogP contribution >= 0.6 is 12.2 Å². The van der Waals surface area contributed by atoms with Gasteiger partial charge in [0.15, 0.2) is 5.11 Å². The summed E-state index contributed by atoms with van der Waals surface area (Å²) in [6.45, 7) is 2.03. The third-order valence-corrected chi connectivity index (χ3v) is 4.27. The van der Waals surface area contributed by atoms with Crippen LogP contribution in [0.1, 0.15) is 15.9 Å². The van der Waals surface area contributed by atoms with Crippen molar-refractivity contribution in [1.82, 2.24) is 0 Å². The highest BCUT2D eigenvalue weighted by atomic mass is 32.1. The van der Waals surface area contributed by atoms with E-state index in [4.69, 9.17) is 17.0 Å². The lowest BCUT2D eigenvalue weighted by Gasteiger charge is -2.11. The summed E-state index contributed by atoms with van der Waals surface area (Å²) in [6, 6.07) is 22.3. The number of benzene rings is 3. The number of amides is 1. The van der Waals surface area contributed by atoms with Gasteiger partial charge in [0.05, 0.1) is 7.11 Å². The van der Waals surface area contributed by atoms with Gasteiger partial charge in [-0.05, 0) is 79.8 Å². The third-order valence-electron chi connectivity index (χ3n) is 4.06. The molecular weight excluding hydrogens is 370 g/mol. The lowest BCUT2D eigenvalue weighted by Crippen LogP contribution is -2.19. The molecule has 5 nitrogen and oxygen atoms in total. The molecule has 1 amide bonds. The minimum absolute atomic E-state index is 0.183. The second-order valence-corrected chi connectivity index (χ2v) is 6.61. The van der Waals surface area contributed by atoms with Gasteiger partial charge < -0.3 is 20.7 Å². The number of aryl methyl sites for hydroxylation is 1. The zero-order valence-corrected chi connectivity index (χ0v) is 16.5. The molecule has 0 atom stereocenters. The molecule has 0 unspecified atom stereocenters. The molecule has 0 fully saturated rings. The molecule has 142 valence electrons. The number of thiocarbonyl (C=S) groups is 1. The Morgan fingerprint density at radius 2 is 1.21 bits per heavy atom. The van der Waals surface area contributed by atoms with Gasteiger partial charge in [-0.1, -0.05) is 17.7 Å². The van der Waals surface area contributed by atoms with Crippen molar-refractivity contribution in [2.45, 2.75) is 6.92 Å². The van der Waals surface area contributed by atoms with E-state index in [0.29, 0.717) is 16.4 Å². The van der Waals surface area contributed by atoms with Crippen molar-refractivity contribution in [3.05, 3.63) is 83.9 Å². The maximum Gasteiger partial charge on any atom is 0.255 e. The Kier molecular flexibility index (Phi) is 6.24. The second kappa shape index (κ2) is 9.01. The number of carbonyl (C=O) groups excluding carboxylic acids is 1. The van der Waals surface area contributed by atoms with Crippen LogP contribution in [-0.2, 0) is 0 Å². The monoisotopic (exact) mass is 391 g/mol. The second-order valence-electron chi connectivity index (χ2n) is 6.21. The number of methoxy groups -OCH3 is 1. The Bertz CT molecular complexity index is 953. The first-order chi connectivity index (χ1) is 13.5. The van der Waals surface area contributed by atoms with E-state index in [2.05, 4.69) is 16.0 Å². The first-order valence-corrected chi connectivity index (χ1v) is 9.14. The number of rotatable bonds is 5. The van der Waals surface area contributed by atoms with Gasteiger partial charge >= 0.3 is 0 Å². The lowest BCUT2D eigenvalue weighted by molar-refractivity contribution is 0.102.